The Labute approximate surface area is 188 Å². The van der Waals surface area contributed by atoms with E-state index in [1.165, 1.54) is 6.92 Å². The summed E-state index contributed by atoms with van der Waals surface area (Å²) in [6, 6.07) is -0.945. The molecule has 0 aromatic heterocycles. The molecule has 0 radical (unpaired) electrons. The lowest BCUT2D eigenvalue weighted by Crippen LogP contribution is -2.64. The van der Waals surface area contributed by atoms with Crippen LogP contribution in [0.1, 0.15) is 32.6 Å². The van der Waals surface area contributed by atoms with E-state index in [9.17, 15) is 24.9 Å². The van der Waals surface area contributed by atoms with Crippen LogP contribution in [-0.4, -0.2) is 111 Å². The Morgan fingerprint density at radius 2 is 1.72 bits per heavy atom. The minimum Gasteiger partial charge on any atom is -0.394 e. The van der Waals surface area contributed by atoms with E-state index in [-0.39, 0.29) is 18.9 Å². The van der Waals surface area contributed by atoms with Gasteiger partial charge in [0, 0.05) is 33.0 Å². The molecule has 7 N–H and O–H groups in total. The highest BCUT2D eigenvalue weighted by atomic mass is 16.7. The molecule has 32 heavy (non-hydrogen) atoms. The Balaban J connectivity index is 2.14. The van der Waals surface area contributed by atoms with Crippen molar-refractivity contribution in [2.45, 2.75) is 63.3 Å². The van der Waals surface area contributed by atoms with Gasteiger partial charge in [0.2, 0.25) is 11.8 Å². The molecule has 1 aliphatic heterocycles. The van der Waals surface area contributed by atoms with Gasteiger partial charge in [-0.05, 0) is 19.3 Å². The van der Waals surface area contributed by atoms with E-state index in [1.54, 1.807) is 0 Å². The van der Waals surface area contributed by atoms with Gasteiger partial charge >= 0.3 is 0 Å². The van der Waals surface area contributed by atoms with Gasteiger partial charge in [0.1, 0.15) is 24.4 Å². The molecule has 12 heteroatoms. The number of ether oxygens (including phenoxy) is 4. The van der Waals surface area contributed by atoms with Crippen LogP contribution >= 0.6 is 0 Å². The average Bonchev–Trinajstić information content (AvgIpc) is 2.76. The first kappa shape index (κ1) is 28.7. The molecule has 0 bridgehead atoms. The summed E-state index contributed by atoms with van der Waals surface area (Å²) in [5.41, 5.74) is 5.30. The van der Waals surface area contributed by atoms with E-state index in [0.717, 1.165) is 12.8 Å². The van der Waals surface area contributed by atoms with Gasteiger partial charge in [0.15, 0.2) is 6.29 Å². The molecule has 1 rings (SSSR count). The first-order valence-corrected chi connectivity index (χ1v) is 11.0. The Morgan fingerprint density at radius 3 is 2.38 bits per heavy atom. The van der Waals surface area contributed by atoms with Crippen molar-refractivity contribution in [3.8, 4) is 0 Å². The zero-order valence-electron chi connectivity index (χ0n) is 18.7. The number of unbranched alkanes of at least 4 members (excludes halogenated alkanes) is 2. The largest absolute Gasteiger partial charge is 0.394 e. The fourth-order valence-electron chi connectivity index (χ4n) is 3.10. The van der Waals surface area contributed by atoms with Crippen molar-refractivity contribution in [3.05, 3.63) is 0 Å². The van der Waals surface area contributed by atoms with Crippen LogP contribution in [-0.2, 0) is 28.5 Å². The van der Waals surface area contributed by atoms with Gasteiger partial charge in [0.05, 0.1) is 33.0 Å². The number of carbonyl (C=O) groups is 2. The van der Waals surface area contributed by atoms with Crippen molar-refractivity contribution in [1.29, 1.82) is 0 Å². The number of amides is 2. The van der Waals surface area contributed by atoms with Crippen LogP contribution in [0.25, 0.3) is 0 Å². The van der Waals surface area contributed by atoms with Crippen LogP contribution in [0.5, 0.6) is 0 Å². The molecule has 5 atom stereocenters. The summed E-state index contributed by atoms with van der Waals surface area (Å²) in [7, 11) is 0. The van der Waals surface area contributed by atoms with Gasteiger partial charge in [0.25, 0.3) is 0 Å². The zero-order chi connectivity index (χ0) is 23.8. The number of aliphatic hydroxyl groups is 3. The molecule has 188 valence electrons. The predicted molar refractivity (Wildman–Crippen MR) is 113 cm³/mol. The smallest absolute Gasteiger partial charge is 0.222 e. The molecular formula is C20H39N3O9. The molecule has 0 saturated carbocycles. The third kappa shape index (κ3) is 11.5. The van der Waals surface area contributed by atoms with Gasteiger partial charge in [-0.2, -0.15) is 0 Å². The maximum Gasteiger partial charge on any atom is 0.222 e. The van der Waals surface area contributed by atoms with Gasteiger partial charge in [-0.25, -0.2) is 0 Å². The summed E-state index contributed by atoms with van der Waals surface area (Å²) < 4.78 is 21.6. The van der Waals surface area contributed by atoms with Crippen molar-refractivity contribution in [1.82, 2.24) is 10.6 Å². The third-order valence-corrected chi connectivity index (χ3v) is 4.78. The number of hydrogen-bond acceptors (Lipinski definition) is 10. The molecule has 0 unspecified atom stereocenters. The first-order chi connectivity index (χ1) is 15.4. The lowest BCUT2D eigenvalue weighted by Gasteiger charge is -2.42. The van der Waals surface area contributed by atoms with Crippen LogP contribution in [0.3, 0.4) is 0 Å². The maximum absolute atomic E-state index is 11.7. The Bertz CT molecular complexity index is 527. The van der Waals surface area contributed by atoms with Crippen molar-refractivity contribution >= 4 is 11.8 Å². The zero-order valence-corrected chi connectivity index (χ0v) is 18.7. The minimum atomic E-state index is -1.34. The normalized spacial score (nSPS) is 25.5. The molecule has 1 saturated heterocycles. The second kappa shape index (κ2) is 17.1. The molecule has 1 aliphatic rings. The highest BCUT2D eigenvalue weighted by Crippen LogP contribution is 2.22. The van der Waals surface area contributed by atoms with Gasteiger partial charge in [-0.3, -0.25) is 9.59 Å². The van der Waals surface area contributed by atoms with Crippen molar-refractivity contribution in [2.75, 3.05) is 52.7 Å². The van der Waals surface area contributed by atoms with E-state index < -0.39 is 43.2 Å². The van der Waals surface area contributed by atoms with E-state index in [4.69, 9.17) is 24.7 Å². The van der Waals surface area contributed by atoms with E-state index >= 15 is 0 Å². The third-order valence-electron chi connectivity index (χ3n) is 4.78. The Kier molecular flexibility index (Phi) is 15.3. The van der Waals surface area contributed by atoms with Crippen LogP contribution in [0, 0.1) is 0 Å². The number of hydrogen-bond donors (Lipinski definition) is 6. The second-order valence-electron chi connectivity index (χ2n) is 7.48. The minimum absolute atomic E-state index is 0.0829. The molecule has 0 aromatic carbocycles. The number of nitrogens with two attached hydrogens (primary N) is 1. The van der Waals surface area contributed by atoms with Gasteiger partial charge < -0.3 is 50.6 Å². The first-order valence-electron chi connectivity index (χ1n) is 11.0. The standard InChI is InChI=1S/C20H39N3O9/c1-14(25)23-17-19(28)18(27)15(13-24)32-20(17)31-8-4-2-3-7-22-16(26)5-9-29-11-12-30-10-6-21/h15,17-20,24,27-28H,2-13,21H2,1H3,(H,22,26)(H,23,25)/t15-,17-,18+,19-,20-/m1/s1. The Hall–Kier alpha value is -1.38. The van der Waals surface area contributed by atoms with Crippen LogP contribution in [0.2, 0.25) is 0 Å². The number of carbonyl (C=O) groups excluding carboxylic acids is 2. The fraction of sp³-hybridized carbons (Fsp3) is 0.900. The van der Waals surface area contributed by atoms with Crippen molar-refractivity contribution in [3.63, 3.8) is 0 Å². The average molecular weight is 466 g/mol. The molecule has 0 aromatic rings. The second-order valence-corrected chi connectivity index (χ2v) is 7.48. The molecular weight excluding hydrogens is 426 g/mol. The molecule has 1 fully saturated rings. The lowest BCUT2D eigenvalue weighted by molar-refractivity contribution is -0.270. The highest BCUT2D eigenvalue weighted by Gasteiger charge is 2.45. The van der Waals surface area contributed by atoms with Gasteiger partial charge in [-0.15, -0.1) is 0 Å². The summed E-state index contributed by atoms with van der Waals surface area (Å²) in [5, 5.41) is 34.8. The maximum atomic E-state index is 11.7. The van der Waals surface area contributed by atoms with Crippen LogP contribution in [0.4, 0.5) is 0 Å². The molecule has 0 spiro atoms. The summed E-state index contributed by atoms with van der Waals surface area (Å²) in [5.74, 6) is -0.484. The molecule has 1 heterocycles. The number of rotatable bonds is 17. The van der Waals surface area contributed by atoms with E-state index in [2.05, 4.69) is 10.6 Å². The SMILES string of the molecule is CC(=O)N[C@H]1[C@H](OCCCCCNC(=O)CCOCCOCCN)O[C@H](CO)[C@H](O)[C@@H]1O. The van der Waals surface area contributed by atoms with E-state index in [0.29, 0.717) is 45.9 Å². The van der Waals surface area contributed by atoms with Crippen LogP contribution in [0.15, 0.2) is 0 Å². The van der Waals surface area contributed by atoms with E-state index in [1.807, 2.05) is 0 Å². The Morgan fingerprint density at radius 1 is 1.00 bits per heavy atom. The lowest BCUT2D eigenvalue weighted by atomic mass is 9.97. The van der Waals surface area contributed by atoms with Crippen molar-refractivity contribution in [2.24, 2.45) is 5.73 Å². The highest BCUT2D eigenvalue weighted by molar-refractivity contribution is 5.75. The van der Waals surface area contributed by atoms with Crippen LogP contribution < -0.4 is 16.4 Å². The predicted octanol–water partition coefficient (Wildman–Crippen LogP) is -2.38. The summed E-state index contributed by atoms with van der Waals surface area (Å²) >= 11 is 0. The number of nitrogens with one attached hydrogen (secondary N) is 2. The van der Waals surface area contributed by atoms with Gasteiger partial charge in [-0.1, -0.05) is 0 Å². The summed E-state index contributed by atoms with van der Waals surface area (Å²) in [6.45, 7) is 3.79. The monoisotopic (exact) mass is 465 g/mol. The summed E-state index contributed by atoms with van der Waals surface area (Å²) in [6.07, 6.45) is -2.18. The topological polar surface area (TPSA) is 182 Å². The summed E-state index contributed by atoms with van der Waals surface area (Å²) in [4.78, 5) is 23.1. The molecule has 2 amide bonds. The quantitative estimate of drug-likeness (QED) is 0.127. The molecule has 0 aliphatic carbocycles. The molecule has 12 nitrogen and oxygen atoms in total. The fourth-order valence-corrected chi connectivity index (χ4v) is 3.10. The van der Waals surface area contributed by atoms with Crippen molar-refractivity contribution < 1.29 is 43.9 Å². The number of aliphatic hydroxyl groups excluding tert-OH is 3.